The summed E-state index contributed by atoms with van der Waals surface area (Å²) < 4.78 is 5.04. The van der Waals surface area contributed by atoms with Crippen LogP contribution in [0, 0.1) is 0 Å². The molecule has 1 unspecified atom stereocenters. The largest absolute Gasteiger partial charge is 0.549 e. The smallest absolute Gasteiger partial charge is 0.118 e. The van der Waals surface area contributed by atoms with Gasteiger partial charge < -0.3 is 14.6 Å². The number of carboxylic acid groups (broad SMARTS) is 1. The first-order valence-electron chi connectivity index (χ1n) is 6.03. The van der Waals surface area contributed by atoms with Gasteiger partial charge in [-0.3, -0.25) is 0 Å². The minimum absolute atomic E-state index is 0.507. The van der Waals surface area contributed by atoms with Crippen LogP contribution >= 0.6 is 0 Å². The van der Waals surface area contributed by atoms with Crippen molar-refractivity contribution in [3.63, 3.8) is 0 Å². The third kappa shape index (κ3) is 4.10. The van der Waals surface area contributed by atoms with Crippen LogP contribution in [0.3, 0.4) is 0 Å². The van der Waals surface area contributed by atoms with E-state index in [9.17, 15) is 9.90 Å². The minimum Gasteiger partial charge on any atom is -0.549 e. The molecule has 1 aromatic rings. The Balaban J connectivity index is 2.71. The fraction of sp³-hybridized carbons (Fsp3) is 0.500. The van der Waals surface area contributed by atoms with Crippen LogP contribution in [0.1, 0.15) is 44.1 Å². The molecule has 0 radical (unpaired) electrons. The Morgan fingerprint density at radius 3 is 2.41 bits per heavy atom. The number of ether oxygens (including phenoxy) is 1. The van der Waals surface area contributed by atoms with Gasteiger partial charge in [-0.1, -0.05) is 38.3 Å². The van der Waals surface area contributed by atoms with Crippen molar-refractivity contribution in [2.24, 2.45) is 0 Å². The van der Waals surface area contributed by atoms with E-state index in [1.165, 1.54) is 0 Å². The van der Waals surface area contributed by atoms with Crippen LogP contribution in [-0.4, -0.2) is 13.1 Å². The number of carbonyl (C=O) groups is 1. The molecule has 0 bridgehead atoms. The number of methoxy groups -OCH3 is 1. The molecule has 1 atom stereocenters. The van der Waals surface area contributed by atoms with Crippen LogP contribution in [0.4, 0.5) is 0 Å². The highest BCUT2D eigenvalue weighted by atomic mass is 16.5. The predicted molar refractivity (Wildman–Crippen MR) is 64.9 cm³/mol. The van der Waals surface area contributed by atoms with E-state index in [-0.39, 0.29) is 0 Å². The molecule has 0 saturated carbocycles. The van der Waals surface area contributed by atoms with Gasteiger partial charge in [-0.25, -0.2) is 0 Å². The second kappa shape index (κ2) is 6.94. The highest BCUT2D eigenvalue weighted by Gasteiger charge is 2.12. The number of benzene rings is 1. The van der Waals surface area contributed by atoms with E-state index < -0.39 is 11.9 Å². The fourth-order valence-electron chi connectivity index (χ4n) is 1.86. The lowest BCUT2D eigenvalue weighted by molar-refractivity contribution is -0.308. The van der Waals surface area contributed by atoms with Gasteiger partial charge in [-0.15, -0.1) is 0 Å². The monoisotopic (exact) mass is 235 g/mol. The lowest BCUT2D eigenvalue weighted by Crippen LogP contribution is -2.29. The van der Waals surface area contributed by atoms with Crippen molar-refractivity contribution in [1.82, 2.24) is 0 Å². The van der Waals surface area contributed by atoms with Gasteiger partial charge >= 0.3 is 0 Å². The maximum Gasteiger partial charge on any atom is 0.118 e. The Kier molecular flexibility index (Phi) is 5.53. The van der Waals surface area contributed by atoms with E-state index in [1.54, 1.807) is 31.4 Å². The molecule has 17 heavy (non-hydrogen) atoms. The molecule has 3 heteroatoms. The predicted octanol–water partition coefficient (Wildman–Crippen LogP) is 2.11. The number of aliphatic carboxylic acids is 1. The van der Waals surface area contributed by atoms with Crippen molar-refractivity contribution in [1.29, 1.82) is 0 Å². The summed E-state index contributed by atoms with van der Waals surface area (Å²) >= 11 is 0. The molecule has 0 spiro atoms. The van der Waals surface area contributed by atoms with Crippen molar-refractivity contribution >= 4 is 5.97 Å². The van der Waals surface area contributed by atoms with Gasteiger partial charge in [0.25, 0.3) is 0 Å². The van der Waals surface area contributed by atoms with Gasteiger partial charge in [0.1, 0.15) is 5.75 Å². The molecule has 3 nitrogen and oxygen atoms in total. The van der Waals surface area contributed by atoms with Gasteiger partial charge in [0, 0.05) is 11.9 Å². The summed E-state index contributed by atoms with van der Waals surface area (Å²) in [6, 6.07) is 7.16. The van der Waals surface area contributed by atoms with E-state index >= 15 is 0 Å². The van der Waals surface area contributed by atoms with E-state index in [0.29, 0.717) is 6.42 Å². The Labute approximate surface area is 102 Å². The molecule has 0 aliphatic carbocycles. The molecule has 0 heterocycles. The minimum atomic E-state index is -0.994. The SMILES string of the molecule is CCCCCC(C(=O)[O-])c1ccc(OC)cc1. The Hall–Kier alpha value is -1.51. The van der Waals surface area contributed by atoms with Crippen LogP contribution in [-0.2, 0) is 4.79 Å². The summed E-state index contributed by atoms with van der Waals surface area (Å²) in [4.78, 5) is 11.1. The zero-order chi connectivity index (χ0) is 12.7. The third-order valence-corrected chi connectivity index (χ3v) is 2.90. The van der Waals surface area contributed by atoms with E-state index in [2.05, 4.69) is 6.92 Å². The zero-order valence-electron chi connectivity index (χ0n) is 10.4. The van der Waals surface area contributed by atoms with Gasteiger partial charge in [-0.05, 0) is 24.1 Å². The topological polar surface area (TPSA) is 49.4 Å². The second-order valence-corrected chi connectivity index (χ2v) is 4.14. The summed E-state index contributed by atoms with van der Waals surface area (Å²) in [5.74, 6) is -0.766. The molecule has 1 rings (SSSR count). The first-order valence-corrected chi connectivity index (χ1v) is 6.03. The average Bonchev–Trinajstić information content (AvgIpc) is 2.34. The number of carbonyl (C=O) groups excluding carboxylic acids is 1. The van der Waals surface area contributed by atoms with Crippen molar-refractivity contribution < 1.29 is 14.6 Å². The van der Waals surface area contributed by atoms with Crippen molar-refractivity contribution in [3.8, 4) is 5.75 Å². The number of hydrogen-bond acceptors (Lipinski definition) is 3. The fourth-order valence-corrected chi connectivity index (χ4v) is 1.86. The third-order valence-electron chi connectivity index (χ3n) is 2.90. The molecule has 94 valence electrons. The molecule has 0 aliphatic rings. The first-order chi connectivity index (χ1) is 8.19. The molecule has 0 saturated heterocycles. The van der Waals surface area contributed by atoms with Crippen molar-refractivity contribution in [2.75, 3.05) is 7.11 Å². The van der Waals surface area contributed by atoms with E-state index in [4.69, 9.17) is 4.74 Å². The van der Waals surface area contributed by atoms with Crippen LogP contribution in [0.5, 0.6) is 5.75 Å². The van der Waals surface area contributed by atoms with E-state index in [0.717, 1.165) is 30.6 Å². The molecule has 0 amide bonds. The second-order valence-electron chi connectivity index (χ2n) is 4.14. The zero-order valence-corrected chi connectivity index (χ0v) is 10.4. The Morgan fingerprint density at radius 1 is 1.29 bits per heavy atom. The number of unbranched alkanes of at least 4 members (excludes halogenated alkanes) is 2. The molecule has 0 aromatic heterocycles. The highest BCUT2D eigenvalue weighted by molar-refractivity contribution is 5.74. The average molecular weight is 235 g/mol. The van der Waals surface area contributed by atoms with Gasteiger partial charge in [0.05, 0.1) is 7.11 Å². The van der Waals surface area contributed by atoms with Crippen LogP contribution in [0.25, 0.3) is 0 Å². The summed E-state index contributed by atoms with van der Waals surface area (Å²) in [7, 11) is 1.59. The molecular formula is C14H19O3-. The number of hydrogen-bond donors (Lipinski definition) is 0. The highest BCUT2D eigenvalue weighted by Crippen LogP contribution is 2.24. The maximum absolute atomic E-state index is 11.1. The lowest BCUT2D eigenvalue weighted by atomic mass is 9.93. The molecule has 0 N–H and O–H groups in total. The van der Waals surface area contributed by atoms with Crippen LogP contribution in [0.2, 0.25) is 0 Å². The molecule has 1 aromatic carbocycles. The molecule has 0 fully saturated rings. The normalized spacial score (nSPS) is 12.1. The van der Waals surface area contributed by atoms with E-state index in [1.807, 2.05) is 0 Å². The number of carboxylic acids is 1. The van der Waals surface area contributed by atoms with Gasteiger partial charge in [0.15, 0.2) is 0 Å². The van der Waals surface area contributed by atoms with Crippen molar-refractivity contribution in [2.45, 2.75) is 38.5 Å². The number of rotatable bonds is 7. The van der Waals surface area contributed by atoms with Gasteiger partial charge in [-0.2, -0.15) is 0 Å². The first kappa shape index (κ1) is 13.6. The molecular weight excluding hydrogens is 216 g/mol. The maximum atomic E-state index is 11.1. The van der Waals surface area contributed by atoms with Gasteiger partial charge in [0.2, 0.25) is 0 Å². The summed E-state index contributed by atoms with van der Waals surface area (Å²) in [5, 5.41) is 11.1. The van der Waals surface area contributed by atoms with Crippen molar-refractivity contribution in [3.05, 3.63) is 29.8 Å². The Bertz CT molecular complexity index is 343. The lowest BCUT2D eigenvalue weighted by Gasteiger charge is -2.18. The van der Waals surface area contributed by atoms with Crippen LogP contribution < -0.4 is 9.84 Å². The Morgan fingerprint density at radius 2 is 1.94 bits per heavy atom. The molecule has 0 aliphatic heterocycles. The summed E-state index contributed by atoms with van der Waals surface area (Å²) in [5.41, 5.74) is 0.793. The van der Waals surface area contributed by atoms with Crippen LogP contribution in [0.15, 0.2) is 24.3 Å². The standard InChI is InChI=1S/C14H20O3/c1-3-4-5-6-13(14(15)16)11-7-9-12(17-2)10-8-11/h7-10,13H,3-6H2,1-2H3,(H,15,16)/p-1. The quantitative estimate of drug-likeness (QED) is 0.680. The summed E-state index contributed by atoms with van der Waals surface area (Å²) in [6.07, 6.45) is 3.70. The summed E-state index contributed by atoms with van der Waals surface area (Å²) in [6.45, 7) is 2.10.